The summed E-state index contributed by atoms with van der Waals surface area (Å²) in [5, 5.41) is 5.61. The number of hydrogen-bond donors (Lipinski definition) is 2. The molecule has 2 heterocycles. The molecular weight excluding hydrogens is 260 g/mol. The Morgan fingerprint density at radius 2 is 2.42 bits per heavy atom. The third-order valence-electron chi connectivity index (χ3n) is 4.02. The summed E-state index contributed by atoms with van der Waals surface area (Å²) in [5.74, 6) is 0.639. The number of halogens is 1. The van der Waals surface area contributed by atoms with Crippen LogP contribution >= 0.6 is 11.6 Å². The normalized spacial score (nSPS) is 21.1. The maximum Gasteiger partial charge on any atom is 0.0509 e. The molecule has 1 saturated heterocycles. The topological polar surface area (TPSA) is 37.0 Å². The molecule has 2 aromatic rings. The molecule has 1 fully saturated rings. The van der Waals surface area contributed by atoms with Crippen molar-refractivity contribution in [3.8, 4) is 0 Å². The fraction of sp³-hybridized carbons (Fsp3) is 0.467. The second-order valence-electron chi connectivity index (χ2n) is 5.30. The number of rotatable bonds is 4. The van der Waals surface area contributed by atoms with Gasteiger partial charge in [-0.2, -0.15) is 0 Å². The molecule has 3 rings (SSSR count). The summed E-state index contributed by atoms with van der Waals surface area (Å²) in [6, 6.07) is 6.47. The minimum atomic E-state index is 0.486. The van der Waals surface area contributed by atoms with Gasteiger partial charge in [-0.25, -0.2) is 0 Å². The Labute approximate surface area is 118 Å². The molecule has 3 nitrogen and oxygen atoms in total. The van der Waals surface area contributed by atoms with E-state index < -0.39 is 0 Å². The summed E-state index contributed by atoms with van der Waals surface area (Å²) in [6.07, 6.45) is 3.23. The first-order chi connectivity index (χ1) is 9.24. The smallest absolute Gasteiger partial charge is 0.0509 e. The SMILES string of the molecule is CC(NCc1c[nH]c2cc(Cl)ccc12)C1CCOC1. The van der Waals surface area contributed by atoms with Crippen molar-refractivity contribution in [2.45, 2.75) is 25.9 Å². The summed E-state index contributed by atoms with van der Waals surface area (Å²) in [4.78, 5) is 3.27. The van der Waals surface area contributed by atoms with E-state index in [1.54, 1.807) is 0 Å². The molecule has 2 N–H and O–H groups in total. The Hall–Kier alpha value is -1.03. The number of hydrogen-bond acceptors (Lipinski definition) is 2. The van der Waals surface area contributed by atoms with E-state index in [1.807, 2.05) is 12.1 Å². The van der Waals surface area contributed by atoms with E-state index in [9.17, 15) is 0 Å². The molecule has 2 unspecified atom stereocenters. The van der Waals surface area contributed by atoms with Crippen molar-refractivity contribution in [1.82, 2.24) is 10.3 Å². The zero-order valence-electron chi connectivity index (χ0n) is 11.1. The van der Waals surface area contributed by atoms with Gasteiger partial charge in [-0.3, -0.25) is 0 Å². The summed E-state index contributed by atoms with van der Waals surface area (Å²) in [7, 11) is 0. The van der Waals surface area contributed by atoms with E-state index in [0.29, 0.717) is 12.0 Å². The molecule has 0 bridgehead atoms. The molecule has 2 atom stereocenters. The van der Waals surface area contributed by atoms with E-state index in [4.69, 9.17) is 16.3 Å². The molecule has 102 valence electrons. The van der Waals surface area contributed by atoms with E-state index in [2.05, 4.69) is 29.5 Å². The highest BCUT2D eigenvalue weighted by atomic mass is 35.5. The van der Waals surface area contributed by atoms with Crippen LogP contribution in [0, 0.1) is 5.92 Å². The van der Waals surface area contributed by atoms with E-state index in [-0.39, 0.29) is 0 Å². The van der Waals surface area contributed by atoms with Crippen molar-refractivity contribution in [3.05, 3.63) is 35.0 Å². The molecule has 4 heteroatoms. The van der Waals surface area contributed by atoms with Crippen LogP contribution < -0.4 is 5.32 Å². The monoisotopic (exact) mass is 278 g/mol. The summed E-state index contributed by atoms with van der Waals surface area (Å²) in [6.45, 7) is 4.91. The predicted octanol–water partition coefficient (Wildman–Crippen LogP) is 3.34. The summed E-state index contributed by atoms with van der Waals surface area (Å²) >= 11 is 5.99. The third-order valence-corrected chi connectivity index (χ3v) is 4.25. The van der Waals surface area contributed by atoms with Gasteiger partial charge < -0.3 is 15.0 Å². The minimum absolute atomic E-state index is 0.486. The zero-order chi connectivity index (χ0) is 13.2. The number of aromatic amines is 1. The Bertz CT molecular complexity index is 560. The van der Waals surface area contributed by atoms with Gasteiger partial charge in [0.05, 0.1) is 6.61 Å². The molecule has 1 aromatic carbocycles. The average Bonchev–Trinajstić information content (AvgIpc) is 3.05. The Balaban J connectivity index is 1.68. The van der Waals surface area contributed by atoms with Gasteiger partial charge in [0.1, 0.15) is 0 Å². The lowest BCUT2D eigenvalue weighted by atomic mass is 10.0. The van der Waals surface area contributed by atoms with Crippen LogP contribution in [0.3, 0.4) is 0 Å². The van der Waals surface area contributed by atoms with Crippen molar-refractivity contribution in [1.29, 1.82) is 0 Å². The van der Waals surface area contributed by atoms with Crippen LogP contribution in [0.15, 0.2) is 24.4 Å². The standard InChI is InChI=1S/C15H19ClN2O/c1-10(11-4-5-19-9-11)17-7-12-8-18-15-6-13(16)2-3-14(12)15/h2-3,6,8,10-11,17-18H,4-5,7,9H2,1H3. The van der Waals surface area contributed by atoms with Gasteiger partial charge in [-0.05, 0) is 37.0 Å². The van der Waals surface area contributed by atoms with Crippen LogP contribution in [0.2, 0.25) is 5.02 Å². The summed E-state index contributed by atoms with van der Waals surface area (Å²) < 4.78 is 5.44. The number of ether oxygens (including phenoxy) is 1. The van der Waals surface area contributed by atoms with Crippen LogP contribution in [0.25, 0.3) is 10.9 Å². The van der Waals surface area contributed by atoms with Crippen LogP contribution in [0.4, 0.5) is 0 Å². The molecule has 1 aromatic heterocycles. The molecule has 1 aliphatic rings. The first-order valence-electron chi connectivity index (χ1n) is 6.80. The van der Waals surface area contributed by atoms with Gasteiger partial charge in [-0.15, -0.1) is 0 Å². The largest absolute Gasteiger partial charge is 0.381 e. The lowest BCUT2D eigenvalue weighted by Crippen LogP contribution is -2.33. The maximum absolute atomic E-state index is 5.99. The zero-order valence-corrected chi connectivity index (χ0v) is 11.8. The molecule has 0 amide bonds. The fourth-order valence-electron chi connectivity index (χ4n) is 2.69. The lowest BCUT2D eigenvalue weighted by molar-refractivity contribution is 0.178. The highest BCUT2D eigenvalue weighted by molar-refractivity contribution is 6.31. The lowest BCUT2D eigenvalue weighted by Gasteiger charge is -2.19. The van der Waals surface area contributed by atoms with E-state index >= 15 is 0 Å². The summed E-state index contributed by atoms with van der Waals surface area (Å²) in [5.41, 5.74) is 2.39. The van der Waals surface area contributed by atoms with Crippen molar-refractivity contribution in [2.24, 2.45) is 5.92 Å². The van der Waals surface area contributed by atoms with Gasteiger partial charge in [0.2, 0.25) is 0 Å². The van der Waals surface area contributed by atoms with Gasteiger partial charge in [0.25, 0.3) is 0 Å². The minimum Gasteiger partial charge on any atom is -0.381 e. The van der Waals surface area contributed by atoms with Crippen LogP contribution in [0.5, 0.6) is 0 Å². The number of fused-ring (bicyclic) bond motifs is 1. The third kappa shape index (κ3) is 2.78. The highest BCUT2D eigenvalue weighted by Crippen LogP contribution is 2.23. The molecule has 19 heavy (non-hydrogen) atoms. The fourth-order valence-corrected chi connectivity index (χ4v) is 2.86. The number of nitrogens with one attached hydrogen (secondary N) is 2. The highest BCUT2D eigenvalue weighted by Gasteiger charge is 2.21. The Morgan fingerprint density at radius 1 is 1.53 bits per heavy atom. The predicted molar refractivity (Wildman–Crippen MR) is 78.5 cm³/mol. The number of benzene rings is 1. The van der Waals surface area contributed by atoms with Gasteiger partial charge >= 0.3 is 0 Å². The number of aromatic nitrogens is 1. The van der Waals surface area contributed by atoms with Crippen molar-refractivity contribution in [2.75, 3.05) is 13.2 Å². The van der Waals surface area contributed by atoms with Gasteiger partial charge in [0.15, 0.2) is 0 Å². The second kappa shape index (κ2) is 5.53. The van der Waals surface area contributed by atoms with Crippen molar-refractivity contribution >= 4 is 22.5 Å². The molecule has 0 aliphatic carbocycles. The average molecular weight is 279 g/mol. The first kappa shape index (κ1) is 13.0. The van der Waals surface area contributed by atoms with Gasteiger partial charge in [0, 0.05) is 41.3 Å². The van der Waals surface area contributed by atoms with Crippen molar-refractivity contribution < 1.29 is 4.74 Å². The van der Waals surface area contributed by atoms with E-state index in [1.165, 1.54) is 10.9 Å². The first-order valence-corrected chi connectivity index (χ1v) is 7.18. The molecule has 0 spiro atoms. The number of H-pyrrole nitrogens is 1. The van der Waals surface area contributed by atoms with Gasteiger partial charge in [-0.1, -0.05) is 17.7 Å². The maximum atomic E-state index is 5.99. The van der Waals surface area contributed by atoms with Crippen molar-refractivity contribution in [3.63, 3.8) is 0 Å². The quantitative estimate of drug-likeness (QED) is 0.900. The molecule has 0 saturated carbocycles. The molecule has 0 radical (unpaired) electrons. The Kier molecular flexibility index (Phi) is 3.78. The molecular formula is C15H19ClN2O. The van der Waals surface area contributed by atoms with Crippen LogP contribution in [-0.4, -0.2) is 24.2 Å². The van der Waals surface area contributed by atoms with Crippen LogP contribution in [0.1, 0.15) is 18.9 Å². The Morgan fingerprint density at radius 3 is 3.21 bits per heavy atom. The second-order valence-corrected chi connectivity index (χ2v) is 5.73. The van der Waals surface area contributed by atoms with E-state index in [0.717, 1.165) is 36.7 Å². The van der Waals surface area contributed by atoms with Crippen LogP contribution in [-0.2, 0) is 11.3 Å². The molecule has 1 aliphatic heterocycles.